The minimum absolute atomic E-state index is 0.146. The predicted octanol–water partition coefficient (Wildman–Crippen LogP) is 2.74. The van der Waals surface area contributed by atoms with Crippen LogP contribution in [0.4, 0.5) is 0 Å². The lowest BCUT2D eigenvalue weighted by molar-refractivity contribution is -0.144. The molecular formula is C13H27NO2. The van der Waals surface area contributed by atoms with Gasteiger partial charge in [-0.2, -0.15) is 0 Å². The van der Waals surface area contributed by atoms with Crippen LogP contribution in [0.1, 0.15) is 53.4 Å². The fraction of sp³-hybridized carbons (Fsp3) is 0.923. The summed E-state index contributed by atoms with van der Waals surface area (Å²) in [6, 6.07) is 0.259. The molecule has 1 N–H and O–H groups in total. The third kappa shape index (κ3) is 5.50. The highest BCUT2D eigenvalue weighted by atomic mass is 16.5. The molecule has 0 fully saturated rings. The lowest BCUT2D eigenvalue weighted by Crippen LogP contribution is -2.47. The number of hydrogen-bond donors (Lipinski definition) is 1. The molecule has 0 radical (unpaired) electrons. The van der Waals surface area contributed by atoms with Crippen molar-refractivity contribution in [1.82, 2.24) is 5.32 Å². The highest BCUT2D eigenvalue weighted by Gasteiger charge is 2.25. The third-order valence-electron chi connectivity index (χ3n) is 2.81. The Labute approximate surface area is 99.9 Å². The van der Waals surface area contributed by atoms with Crippen molar-refractivity contribution in [2.24, 2.45) is 5.92 Å². The molecule has 0 aromatic heterocycles. The second kappa shape index (κ2) is 8.57. The second-order valence-electron chi connectivity index (χ2n) is 4.69. The van der Waals surface area contributed by atoms with E-state index in [0.29, 0.717) is 6.04 Å². The van der Waals surface area contributed by atoms with E-state index in [4.69, 9.17) is 4.74 Å². The lowest BCUT2D eigenvalue weighted by atomic mass is 10.00. The van der Waals surface area contributed by atoms with E-state index in [1.165, 1.54) is 7.11 Å². The van der Waals surface area contributed by atoms with E-state index in [-0.39, 0.29) is 17.9 Å². The summed E-state index contributed by atoms with van der Waals surface area (Å²) >= 11 is 0. The van der Waals surface area contributed by atoms with Crippen LogP contribution >= 0.6 is 0 Å². The highest BCUT2D eigenvalue weighted by molar-refractivity contribution is 5.75. The number of methoxy groups -OCH3 is 1. The summed E-state index contributed by atoms with van der Waals surface area (Å²) in [6.07, 6.45) is 4.52. The number of nitrogens with one attached hydrogen (secondary N) is 1. The summed E-state index contributed by atoms with van der Waals surface area (Å²) in [5.41, 5.74) is 0. The molecular weight excluding hydrogens is 202 g/mol. The molecule has 16 heavy (non-hydrogen) atoms. The van der Waals surface area contributed by atoms with Crippen LogP contribution in [0.15, 0.2) is 0 Å². The molecule has 0 saturated heterocycles. The van der Waals surface area contributed by atoms with Crippen LogP contribution in [0.3, 0.4) is 0 Å². The molecule has 0 unspecified atom stereocenters. The Balaban J connectivity index is 4.38. The van der Waals surface area contributed by atoms with Crippen LogP contribution in [-0.2, 0) is 9.53 Å². The molecule has 1 atom stereocenters. The van der Waals surface area contributed by atoms with Crippen LogP contribution in [0, 0.1) is 5.92 Å². The van der Waals surface area contributed by atoms with Crippen molar-refractivity contribution in [1.29, 1.82) is 0 Å². The van der Waals surface area contributed by atoms with Gasteiger partial charge >= 0.3 is 5.97 Å². The van der Waals surface area contributed by atoms with Crippen LogP contribution in [-0.4, -0.2) is 25.2 Å². The fourth-order valence-corrected chi connectivity index (χ4v) is 1.92. The van der Waals surface area contributed by atoms with E-state index in [2.05, 4.69) is 19.2 Å². The first-order valence-electron chi connectivity index (χ1n) is 6.40. The third-order valence-corrected chi connectivity index (χ3v) is 2.81. The van der Waals surface area contributed by atoms with Gasteiger partial charge in [0.25, 0.3) is 0 Å². The average molecular weight is 229 g/mol. The van der Waals surface area contributed by atoms with Crippen molar-refractivity contribution in [3.05, 3.63) is 0 Å². The Morgan fingerprint density at radius 1 is 1.19 bits per heavy atom. The fourth-order valence-electron chi connectivity index (χ4n) is 1.92. The van der Waals surface area contributed by atoms with Crippen molar-refractivity contribution in [2.75, 3.05) is 7.11 Å². The molecule has 0 aromatic carbocycles. The molecule has 0 spiro atoms. The first kappa shape index (κ1) is 15.4. The van der Waals surface area contributed by atoms with Gasteiger partial charge in [0.15, 0.2) is 0 Å². The average Bonchev–Trinajstić information content (AvgIpc) is 2.24. The lowest BCUT2D eigenvalue weighted by Gasteiger charge is -2.26. The van der Waals surface area contributed by atoms with Gasteiger partial charge in [0.1, 0.15) is 6.04 Å². The molecule has 0 amide bonds. The molecule has 0 saturated carbocycles. The number of rotatable bonds is 8. The summed E-state index contributed by atoms with van der Waals surface area (Å²) in [7, 11) is 1.45. The topological polar surface area (TPSA) is 38.3 Å². The zero-order chi connectivity index (χ0) is 12.6. The van der Waals surface area contributed by atoms with Gasteiger partial charge in [-0.3, -0.25) is 4.79 Å². The summed E-state index contributed by atoms with van der Waals surface area (Å²) in [5.74, 6) is 0.121. The molecule has 0 rings (SSSR count). The Kier molecular flexibility index (Phi) is 8.26. The van der Waals surface area contributed by atoms with Gasteiger partial charge in [0, 0.05) is 6.04 Å². The first-order chi connectivity index (χ1) is 7.56. The zero-order valence-electron chi connectivity index (χ0n) is 11.4. The molecule has 3 heteroatoms. The Morgan fingerprint density at radius 2 is 1.69 bits per heavy atom. The largest absolute Gasteiger partial charge is 0.468 e. The Morgan fingerprint density at radius 3 is 2.00 bits per heavy atom. The number of esters is 1. The smallest absolute Gasteiger partial charge is 0.323 e. The van der Waals surface area contributed by atoms with Gasteiger partial charge in [0.2, 0.25) is 0 Å². The normalized spacial score (nSPS) is 13.2. The number of hydrogen-bond acceptors (Lipinski definition) is 3. The molecule has 0 heterocycles. The van der Waals surface area contributed by atoms with Crippen molar-refractivity contribution in [3.8, 4) is 0 Å². The van der Waals surface area contributed by atoms with Gasteiger partial charge in [-0.05, 0) is 18.8 Å². The van der Waals surface area contributed by atoms with Gasteiger partial charge in [-0.15, -0.1) is 0 Å². The summed E-state index contributed by atoms with van der Waals surface area (Å²) in [6.45, 7) is 8.44. The SMILES string of the molecule is CCCC(CCC)N[C@H](C(=O)OC)C(C)C. The zero-order valence-corrected chi connectivity index (χ0v) is 11.4. The molecule has 0 aromatic rings. The molecule has 96 valence electrons. The van der Waals surface area contributed by atoms with Crippen LogP contribution in [0.5, 0.6) is 0 Å². The monoisotopic (exact) mass is 229 g/mol. The van der Waals surface area contributed by atoms with Gasteiger partial charge in [0.05, 0.1) is 7.11 Å². The van der Waals surface area contributed by atoms with Crippen molar-refractivity contribution < 1.29 is 9.53 Å². The van der Waals surface area contributed by atoms with E-state index in [9.17, 15) is 4.79 Å². The summed E-state index contributed by atoms with van der Waals surface area (Å²) in [4.78, 5) is 11.6. The van der Waals surface area contributed by atoms with Gasteiger partial charge in [-0.25, -0.2) is 0 Å². The van der Waals surface area contributed by atoms with E-state index < -0.39 is 0 Å². The minimum Gasteiger partial charge on any atom is -0.468 e. The van der Waals surface area contributed by atoms with E-state index in [1.807, 2.05) is 13.8 Å². The number of carbonyl (C=O) groups is 1. The minimum atomic E-state index is -0.173. The van der Waals surface area contributed by atoms with E-state index >= 15 is 0 Å². The van der Waals surface area contributed by atoms with Crippen molar-refractivity contribution in [3.63, 3.8) is 0 Å². The van der Waals surface area contributed by atoms with E-state index in [1.54, 1.807) is 0 Å². The van der Waals surface area contributed by atoms with Crippen LogP contribution < -0.4 is 5.32 Å². The van der Waals surface area contributed by atoms with Crippen molar-refractivity contribution >= 4 is 5.97 Å². The Hall–Kier alpha value is -0.570. The summed E-state index contributed by atoms with van der Waals surface area (Å²) in [5, 5.41) is 3.43. The first-order valence-corrected chi connectivity index (χ1v) is 6.40. The van der Waals surface area contributed by atoms with Gasteiger partial charge < -0.3 is 10.1 Å². The maximum atomic E-state index is 11.6. The quantitative estimate of drug-likeness (QED) is 0.650. The maximum Gasteiger partial charge on any atom is 0.323 e. The standard InChI is InChI=1S/C13H27NO2/c1-6-8-11(9-7-2)14-12(10(3)4)13(15)16-5/h10-12,14H,6-9H2,1-5H3/t12-/m0/s1. The second-order valence-corrected chi connectivity index (χ2v) is 4.69. The van der Waals surface area contributed by atoms with E-state index in [0.717, 1.165) is 25.7 Å². The molecule has 0 aliphatic heterocycles. The Bertz CT molecular complexity index is 186. The molecule has 0 aliphatic rings. The summed E-state index contributed by atoms with van der Waals surface area (Å²) < 4.78 is 4.83. The molecule has 0 aliphatic carbocycles. The van der Waals surface area contributed by atoms with Crippen LogP contribution in [0.2, 0.25) is 0 Å². The number of carbonyl (C=O) groups excluding carboxylic acids is 1. The molecule has 3 nitrogen and oxygen atoms in total. The van der Waals surface area contributed by atoms with Crippen molar-refractivity contribution in [2.45, 2.75) is 65.5 Å². The van der Waals surface area contributed by atoms with Gasteiger partial charge in [-0.1, -0.05) is 40.5 Å². The van der Waals surface area contributed by atoms with Crippen LogP contribution in [0.25, 0.3) is 0 Å². The highest BCUT2D eigenvalue weighted by Crippen LogP contribution is 2.10. The number of ether oxygens (including phenoxy) is 1. The molecule has 0 bridgehead atoms. The predicted molar refractivity (Wildman–Crippen MR) is 67.4 cm³/mol. The maximum absolute atomic E-state index is 11.6.